The number of aliphatic hydroxyl groups excluding tert-OH is 1. The van der Waals surface area contributed by atoms with Gasteiger partial charge in [0.25, 0.3) is 0 Å². The minimum atomic E-state index is -0.384. The summed E-state index contributed by atoms with van der Waals surface area (Å²) in [5.41, 5.74) is 1.96. The van der Waals surface area contributed by atoms with Gasteiger partial charge in [0.2, 0.25) is 0 Å². The summed E-state index contributed by atoms with van der Waals surface area (Å²) in [6, 6.07) is 0. The molecule has 0 aromatic carbocycles. The molecule has 0 aliphatic carbocycles. The van der Waals surface area contributed by atoms with E-state index < -0.39 is 0 Å². The number of rotatable bonds is 8. The Morgan fingerprint density at radius 3 is 2.47 bits per heavy atom. The molecule has 1 N–H and O–H groups in total. The van der Waals surface area contributed by atoms with Crippen molar-refractivity contribution in [2.45, 2.75) is 40.0 Å². The average molecular weight is 244 g/mol. The van der Waals surface area contributed by atoms with Crippen LogP contribution in [0.3, 0.4) is 0 Å². The van der Waals surface area contributed by atoms with E-state index in [1.54, 1.807) is 7.11 Å². The Balaban J connectivity index is 4.99. The lowest BCUT2D eigenvalue weighted by Crippen LogP contribution is -2.03. The van der Waals surface area contributed by atoms with Crippen LogP contribution in [0, 0.1) is 5.92 Å². The van der Waals surface area contributed by atoms with Gasteiger partial charge in [0, 0.05) is 12.5 Å². The van der Waals surface area contributed by atoms with Gasteiger partial charge in [0.05, 0.1) is 13.8 Å². The van der Waals surface area contributed by atoms with E-state index >= 15 is 0 Å². The maximum Gasteiger partial charge on any atom is 0.101 e. The second-order valence-corrected chi connectivity index (χ2v) is 4.28. The van der Waals surface area contributed by atoms with Gasteiger partial charge in [0.15, 0.2) is 0 Å². The van der Waals surface area contributed by atoms with Crippen molar-refractivity contribution in [2.24, 2.45) is 5.92 Å². The third-order valence-corrected chi connectivity index (χ3v) is 2.94. The van der Waals surface area contributed by atoms with Crippen molar-refractivity contribution in [3.63, 3.8) is 0 Å². The number of hydrogen-bond acceptors (Lipinski definition) is 2. The van der Waals surface area contributed by atoms with Crippen LogP contribution >= 0.6 is 0 Å². The van der Waals surface area contributed by atoms with E-state index in [-0.39, 0.29) is 13.3 Å². The van der Waals surface area contributed by atoms with Crippen LogP contribution in [0.5, 0.6) is 0 Å². The molecule has 1 atom stereocenters. The third-order valence-electron chi connectivity index (χ3n) is 2.94. The Bertz CT molecular complexity index is 261. The molecule has 0 aliphatic rings. The largest absolute Gasteiger partial charge is 0.501 e. The maximum atomic E-state index is 12.4. The Labute approximate surface area is 104 Å². The predicted molar refractivity (Wildman–Crippen MR) is 69.5 cm³/mol. The molecule has 0 aromatic heterocycles. The van der Waals surface area contributed by atoms with E-state index in [0.29, 0.717) is 18.8 Å². The molecule has 0 aromatic rings. The molecule has 0 saturated carbocycles. The standard InChI is InChI=1S/C14H25FO2/c1-5-11(2)14(17-4)12(3)10-13(6-8-15)7-9-16/h10-11,16H,5-9H2,1-4H3/b13-10+,14-12+. The number of ether oxygens (including phenoxy) is 1. The van der Waals surface area contributed by atoms with Crippen LogP contribution in [0.25, 0.3) is 0 Å². The number of aliphatic hydroxyl groups is 1. The molecule has 3 heteroatoms. The number of methoxy groups -OCH3 is 1. The molecule has 0 radical (unpaired) electrons. The van der Waals surface area contributed by atoms with Gasteiger partial charge in [-0.05, 0) is 31.8 Å². The number of alkyl halides is 1. The van der Waals surface area contributed by atoms with Gasteiger partial charge in [-0.2, -0.15) is 0 Å². The van der Waals surface area contributed by atoms with Crippen LogP contribution in [-0.2, 0) is 4.74 Å². The van der Waals surface area contributed by atoms with E-state index in [2.05, 4.69) is 13.8 Å². The van der Waals surface area contributed by atoms with Crippen molar-refractivity contribution in [1.82, 2.24) is 0 Å². The molecule has 0 saturated heterocycles. The van der Waals surface area contributed by atoms with Crippen molar-refractivity contribution in [1.29, 1.82) is 0 Å². The van der Waals surface area contributed by atoms with Gasteiger partial charge in [-0.1, -0.05) is 25.5 Å². The predicted octanol–water partition coefficient (Wildman–Crippen LogP) is 3.62. The first-order valence-corrected chi connectivity index (χ1v) is 6.21. The highest BCUT2D eigenvalue weighted by atomic mass is 19.1. The van der Waals surface area contributed by atoms with E-state index in [0.717, 1.165) is 23.3 Å². The smallest absolute Gasteiger partial charge is 0.101 e. The lowest BCUT2D eigenvalue weighted by molar-refractivity contribution is 0.241. The van der Waals surface area contributed by atoms with Crippen LogP contribution < -0.4 is 0 Å². The molecular formula is C14H25FO2. The number of halogens is 1. The van der Waals surface area contributed by atoms with Gasteiger partial charge in [-0.25, -0.2) is 0 Å². The molecule has 2 nitrogen and oxygen atoms in total. The van der Waals surface area contributed by atoms with Crippen molar-refractivity contribution < 1.29 is 14.2 Å². The minimum absolute atomic E-state index is 0.0603. The molecule has 17 heavy (non-hydrogen) atoms. The molecule has 0 spiro atoms. The summed E-state index contributed by atoms with van der Waals surface area (Å²) in [5, 5.41) is 8.92. The molecular weight excluding hydrogens is 219 g/mol. The zero-order valence-corrected chi connectivity index (χ0v) is 11.4. The lowest BCUT2D eigenvalue weighted by atomic mass is 9.99. The summed E-state index contributed by atoms with van der Waals surface area (Å²) < 4.78 is 17.8. The van der Waals surface area contributed by atoms with E-state index in [4.69, 9.17) is 9.84 Å². The summed E-state index contributed by atoms with van der Waals surface area (Å²) in [5.74, 6) is 1.30. The van der Waals surface area contributed by atoms with Crippen LogP contribution in [0.15, 0.2) is 23.0 Å². The number of hydrogen-bond donors (Lipinski definition) is 1. The molecule has 0 bridgehead atoms. The summed E-state index contributed by atoms with van der Waals surface area (Å²) in [7, 11) is 1.67. The van der Waals surface area contributed by atoms with E-state index in [1.807, 2.05) is 13.0 Å². The summed E-state index contributed by atoms with van der Waals surface area (Å²) in [6.45, 7) is 5.87. The van der Waals surface area contributed by atoms with E-state index in [1.165, 1.54) is 0 Å². The highest BCUT2D eigenvalue weighted by molar-refractivity contribution is 5.26. The quantitative estimate of drug-likeness (QED) is 0.522. The molecule has 0 amide bonds. The van der Waals surface area contributed by atoms with Crippen LogP contribution in [0.1, 0.15) is 40.0 Å². The maximum absolute atomic E-state index is 12.4. The second kappa shape index (κ2) is 9.23. The van der Waals surface area contributed by atoms with Gasteiger partial charge in [0.1, 0.15) is 5.76 Å². The van der Waals surface area contributed by atoms with Crippen LogP contribution in [-0.4, -0.2) is 25.5 Å². The lowest BCUT2D eigenvalue weighted by Gasteiger charge is -2.15. The second-order valence-electron chi connectivity index (χ2n) is 4.28. The minimum Gasteiger partial charge on any atom is -0.501 e. The summed E-state index contributed by atoms with van der Waals surface area (Å²) in [6.07, 6.45) is 3.86. The highest BCUT2D eigenvalue weighted by Crippen LogP contribution is 2.22. The molecule has 100 valence electrons. The number of allylic oxidation sites excluding steroid dienone is 3. The van der Waals surface area contributed by atoms with Crippen molar-refractivity contribution >= 4 is 0 Å². The molecule has 0 rings (SSSR count). The first-order chi connectivity index (χ1) is 8.10. The molecule has 1 unspecified atom stereocenters. The van der Waals surface area contributed by atoms with Crippen molar-refractivity contribution in [3.8, 4) is 0 Å². The molecule has 0 aliphatic heterocycles. The van der Waals surface area contributed by atoms with Crippen molar-refractivity contribution in [2.75, 3.05) is 20.4 Å². The zero-order chi connectivity index (χ0) is 13.3. The fourth-order valence-corrected chi connectivity index (χ4v) is 1.85. The van der Waals surface area contributed by atoms with Gasteiger partial charge in [-0.15, -0.1) is 0 Å². The summed E-state index contributed by atoms with van der Waals surface area (Å²) in [4.78, 5) is 0. The first-order valence-electron chi connectivity index (χ1n) is 6.21. The van der Waals surface area contributed by atoms with E-state index in [9.17, 15) is 4.39 Å². The molecule has 0 fully saturated rings. The Morgan fingerprint density at radius 1 is 1.41 bits per heavy atom. The molecule has 0 heterocycles. The fourth-order valence-electron chi connectivity index (χ4n) is 1.85. The first kappa shape index (κ1) is 16.2. The Kier molecular flexibility index (Phi) is 8.78. The van der Waals surface area contributed by atoms with Crippen LogP contribution in [0.4, 0.5) is 4.39 Å². The average Bonchev–Trinajstić information content (AvgIpc) is 2.30. The normalized spacial score (nSPS) is 15.5. The fraction of sp³-hybridized carbons (Fsp3) is 0.714. The highest BCUT2D eigenvalue weighted by Gasteiger charge is 2.10. The topological polar surface area (TPSA) is 29.5 Å². The van der Waals surface area contributed by atoms with Crippen LogP contribution in [0.2, 0.25) is 0 Å². The monoisotopic (exact) mass is 244 g/mol. The van der Waals surface area contributed by atoms with Gasteiger partial charge < -0.3 is 9.84 Å². The summed E-state index contributed by atoms with van der Waals surface area (Å²) >= 11 is 0. The Morgan fingerprint density at radius 2 is 2.06 bits per heavy atom. The zero-order valence-electron chi connectivity index (χ0n) is 11.4. The van der Waals surface area contributed by atoms with Gasteiger partial charge in [-0.3, -0.25) is 4.39 Å². The third kappa shape index (κ3) is 5.87. The van der Waals surface area contributed by atoms with Gasteiger partial charge >= 0.3 is 0 Å². The Hall–Kier alpha value is -0.830. The SMILES string of the molecule is CCC(C)/C(OC)=C(C)\C=C(\CCO)CCF. The van der Waals surface area contributed by atoms with Crippen molar-refractivity contribution in [3.05, 3.63) is 23.0 Å².